The maximum atomic E-state index is 10.4. The molecule has 5 nitrogen and oxygen atoms in total. The Kier molecular flexibility index (Phi) is 3.16. The van der Waals surface area contributed by atoms with Crippen LogP contribution in [0.15, 0.2) is 12.1 Å². The first-order valence-corrected chi connectivity index (χ1v) is 4.41. The van der Waals surface area contributed by atoms with Crippen LogP contribution in [0, 0.1) is 6.92 Å². The molecule has 0 heterocycles. The molecule has 0 radical (unpaired) electrons. The predicted molar refractivity (Wildman–Crippen MR) is 53.7 cm³/mol. The van der Waals surface area contributed by atoms with Crippen molar-refractivity contribution < 1.29 is 20.1 Å². The van der Waals surface area contributed by atoms with E-state index in [1.807, 2.05) is 0 Å². The molecule has 0 bridgehead atoms. The molecule has 5 N–H and O–H groups in total. The first-order chi connectivity index (χ1) is 6.91. The molecule has 0 aliphatic carbocycles. The fourth-order valence-electron chi connectivity index (χ4n) is 1.30. The van der Waals surface area contributed by atoms with Gasteiger partial charge in [-0.2, -0.15) is 0 Å². The van der Waals surface area contributed by atoms with Crippen LogP contribution in [0.2, 0.25) is 0 Å². The molecule has 0 aliphatic rings. The highest BCUT2D eigenvalue weighted by Gasteiger charge is 2.15. The maximum Gasteiger partial charge on any atom is 0.305 e. The Hall–Kier alpha value is -1.75. The zero-order valence-corrected chi connectivity index (χ0v) is 8.27. The summed E-state index contributed by atoms with van der Waals surface area (Å²) in [5, 5.41) is 27.3. The summed E-state index contributed by atoms with van der Waals surface area (Å²) in [6.07, 6.45) is -0.266. The molecular weight excluding hydrogens is 198 g/mol. The van der Waals surface area contributed by atoms with Gasteiger partial charge in [0.15, 0.2) is 0 Å². The minimum Gasteiger partial charge on any atom is -0.508 e. The number of carboxylic acid groups (broad SMARTS) is 1. The Balaban J connectivity index is 3.03. The third-order valence-electron chi connectivity index (χ3n) is 2.14. The molecule has 1 aromatic rings. The average Bonchev–Trinajstić information content (AvgIpc) is 2.09. The number of aromatic hydroxyl groups is 2. The van der Waals surface area contributed by atoms with Gasteiger partial charge >= 0.3 is 5.97 Å². The van der Waals surface area contributed by atoms with Gasteiger partial charge < -0.3 is 21.1 Å². The second-order valence-electron chi connectivity index (χ2n) is 3.40. The molecule has 82 valence electrons. The number of phenols is 2. The van der Waals surface area contributed by atoms with Crippen molar-refractivity contribution in [3.8, 4) is 11.5 Å². The second-order valence-corrected chi connectivity index (χ2v) is 3.40. The van der Waals surface area contributed by atoms with Crippen molar-refractivity contribution >= 4 is 5.97 Å². The van der Waals surface area contributed by atoms with Gasteiger partial charge in [0.05, 0.1) is 6.42 Å². The van der Waals surface area contributed by atoms with Gasteiger partial charge in [0.25, 0.3) is 0 Å². The Labute approximate surface area is 86.8 Å². The van der Waals surface area contributed by atoms with Crippen LogP contribution in [0.25, 0.3) is 0 Å². The summed E-state index contributed by atoms with van der Waals surface area (Å²) in [6, 6.07) is 1.87. The van der Waals surface area contributed by atoms with Crippen molar-refractivity contribution in [2.24, 2.45) is 5.73 Å². The highest BCUT2D eigenvalue weighted by atomic mass is 16.4. The third kappa shape index (κ3) is 2.60. The van der Waals surface area contributed by atoms with Gasteiger partial charge in [0.2, 0.25) is 0 Å². The lowest BCUT2D eigenvalue weighted by Crippen LogP contribution is -2.15. The first-order valence-electron chi connectivity index (χ1n) is 4.41. The number of phenolic OH excluding ortho intramolecular Hbond substituents is 2. The maximum absolute atomic E-state index is 10.4. The van der Waals surface area contributed by atoms with Gasteiger partial charge in [0.1, 0.15) is 11.5 Å². The number of rotatable bonds is 3. The number of carboxylic acids is 1. The van der Waals surface area contributed by atoms with Crippen LogP contribution in [-0.2, 0) is 4.79 Å². The second kappa shape index (κ2) is 4.18. The molecule has 1 aromatic carbocycles. The lowest BCUT2D eigenvalue weighted by molar-refractivity contribution is -0.137. The molecule has 1 atom stereocenters. The lowest BCUT2D eigenvalue weighted by atomic mass is 10.0. The van der Waals surface area contributed by atoms with Crippen LogP contribution < -0.4 is 5.73 Å². The minimum absolute atomic E-state index is 0.0428. The van der Waals surface area contributed by atoms with Crippen LogP contribution in [0.3, 0.4) is 0 Å². The van der Waals surface area contributed by atoms with E-state index in [1.165, 1.54) is 6.07 Å². The number of benzene rings is 1. The summed E-state index contributed by atoms with van der Waals surface area (Å²) in [6.45, 7) is 1.64. The quantitative estimate of drug-likeness (QED) is 0.594. The highest BCUT2D eigenvalue weighted by molar-refractivity contribution is 5.68. The molecule has 0 aromatic heterocycles. The molecule has 0 saturated heterocycles. The molecule has 0 amide bonds. The molecule has 1 unspecified atom stereocenters. The van der Waals surface area contributed by atoms with Gasteiger partial charge in [-0.25, -0.2) is 0 Å². The van der Waals surface area contributed by atoms with E-state index < -0.39 is 12.0 Å². The monoisotopic (exact) mass is 211 g/mol. The smallest absolute Gasteiger partial charge is 0.305 e. The SMILES string of the molecule is Cc1cc(C(N)CC(=O)O)c(O)cc1O. The van der Waals surface area contributed by atoms with Crippen molar-refractivity contribution in [3.05, 3.63) is 23.3 Å². The number of aryl methyl sites for hydroxylation is 1. The topological polar surface area (TPSA) is 104 Å². The molecule has 0 fully saturated rings. The normalized spacial score (nSPS) is 12.4. The summed E-state index contributed by atoms with van der Waals surface area (Å²) >= 11 is 0. The van der Waals surface area contributed by atoms with E-state index in [1.54, 1.807) is 6.92 Å². The molecule has 0 aliphatic heterocycles. The number of hydrogen-bond acceptors (Lipinski definition) is 4. The zero-order valence-electron chi connectivity index (χ0n) is 8.27. The van der Waals surface area contributed by atoms with E-state index in [2.05, 4.69) is 0 Å². The van der Waals surface area contributed by atoms with Crippen molar-refractivity contribution in [2.75, 3.05) is 0 Å². The van der Waals surface area contributed by atoms with Gasteiger partial charge in [-0.05, 0) is 18.6 Å². The summed E-state index contributed by atoms with van der Waals surface area (Å²) in [4.78, 5) is 10.4. The van der Waals surface area contributed by atoms with Crippen LogP contribution in [0.1, 0.15) is 23.6 Å². The van der Waals surface area contributed by atoms with Crippen LogP contribution in [0.4, 0.5) is 0 Å². The predicted octanol–water partition coefficient (Wildman–Crippen LogP) is 0.881. The first kappa shape index (κ1) is 11.3. The van der Waals surface area contributed by atoms with E-state index >= 15 is 0 Å². The third-order valence-corrected chi connectivity index (χ3v) is 2.14. The molecule has 0 saturated carbocycles. The Morgan fingerprint density at radius 2 is 2.00 bits per heavy atom. The highest BCUT2D eigenvalue weighted by Crippen LogP contribution is 2.31. The fourth-order valence-corrected chi connectivity index (χ4v) is 1.30. The van der Waals surface area contributed by atoms with Crippen molar-refractivity contribution in [3.63, 3.8) is 0 Å². The molecule has 1 rings (SSSR count). The van der Waals surface area contributed by atoms with Crippen LogP contribution >= 0.6 is 0 Å². The molecular formula is C10H13NO4. The Bertz CT molecular complexity index is 389. The van der Waals surface area contributed by atoms with Gasteiger partial charge in [-0.3, -0.25) is 4.79 Å². The van der Waals surface area contributed by atoms with Crippen LogP contribution in [0.5, 0.6) is 11.5 Å². The number of hydrogen-bond donors (Lipinski definition) is 4. The Morgan fingerprint density at radius 3 is 2.53 bits per heavy atom. The largest absolute Gasteiger partial charge is 0.508 e. The van der Waals surface area contributed by atoms with Crippen molar-refractivity contribution in [2.45, 2.75) is 19.4 Å². The fraction of sp³-hybridized carbons (Fsp3) is 0.300. The van der Waals surface area contributed by atoms with Crippen LogP contribution in [-0.4, -0.2) is 21.3 Å². The van der Waals surface area contributed by atoms with E-state index in [4.69, 9.17) is 10.8 Å². The van der Waals surface area contributed by atoms with E-state index in [0.717, 1.165) is 6.07 Å². The summed E-state index contributed by atoms with van der Waals surface area (Å²) < 4.78 is 0. The molecule has 5 heteroatoms. The van der Waals surface area contributed by atoms with Gasteiger partial charge in [-0.1, -0.05) is 0 Å². The lowest BCUT2D eigenvalue weighted by Gasteiger charge is -2.13. The van der Waals surface area contributed by atoms with Crippen molar-refractivity contribution in [1.29, 1.82) is 0 Å². The summed E-state index contributed by atoms with van der Waals surface area (Å²) in [5.41, 5.74) is 6.46. The van der Waals surface area contributed by atoms with Gasteiger partial charge in [-0.15, -0.1) is 0 Å². The van der Waals surface area contributed by atoms with E-state index in [0.29, 0.717) is 11.1 Å². The summed E-state index contributed by atoms with van der Waals surface area (Å²) in [7, 11) is 0. The number of carbonyl (C=O) groups is 1. The minimum atomic E-state index is -1.03. The number of nitrogens with two attached hydrogens (primary N) is 1. The standard InChI is InChI=1S/C10H13NO4/c1-5-2-6(7(11)3-10(14)15)9(13)4-8(5)12/h2,4,7,12-13H,3,11H2,1H3,(H,14,15). The number of aliphatic carboxylic acids is 1. The van der Waals surface area contributed by atoms with E-state index in [-0.39, 0.29) is 17.9 Å². The van der Waals surface area contributed by atoms with E-state index in [9.17, 15) is 15.0 Å². The Morgan fingerprint density at radius 1 is 1.40 bits per heavy atom. The average molecular weight is 211 g/mol. The zero-order chi connectivity index (χ0) is 11.6. The molecule has 0 spiro atoms. The summed E-state index contributed by atoms with van der Waals surface area (Å²) in [5.74, 6) is -1.27. The van der Waals surface area contributed by atoms with Gasteiger partial charge in [0, 0.05) is 17.7 Å². The molecule has 15 heavy (non-hydrogen) atoms. The van der Waals surface area contributed by atoms with Crippen molar-refractivity contribution in [1.82, 2.24) is 0 Å².